The third-order valence-corrected chi connectivity index (χ3v) is 1.97. The molecule has 0 spiro atoms. The molecule has 56 valence electrons. The van der Waals surface area contributed by atoms with E-state index in [4.69, 9.17) is 0 Å². The number of nitrogens with zero attached hydrogens (tertiary/aromatic N) is 2. The Bertz CT molecular complexity index is 147. The van der Waals surface area contributed by atoms with Gasteiger partial charge in [0.2, 0.25) is 0 Å². The first-order valence-electron chi connectivity index (χ1n) is 3.91. The molecule has 0 saturated carbocycles. The number of hydrogen-bond acceptors (Lipinski definition) is 1. The second kappa shape index (κ2) is 2.97. The van der Waals surface area contributed by atoms with Crippen LogP contribution in [0, 0.1) is 0 Å². The van der Waals surface area contributed by atoms with Crippen LogP contribution in [0.3, 0.4) is 0 Å². The summed E-state index contributed by atoms with van der Waals surface area (Å²) in [6.07, 6.45) is 7.27. The zero-order valence-corrected chi connectivity index (χ0v) is 6.75. The molecule has 0 aromatic carbocycles. The van der Waals surface area contributed by atoms with Gasteiger partial charge >= 0.3 is 0 Å². The summed E-state index contributed by atoms with van der Waals surface area (Å²) < 4.78 is 0.941. The van der Waals surface area contributed by atoms with E-state index in [1.807, 2.05) is 12.5 Å². The lowest BCUT2D eigenvalue weighted by molar-refractivity contribution is -0.777. The third-order valence-electron chi connectivity index (χ3n) is 1.97. The van der Waals surface area contributed by atoms with Gasteiger partial charge in [-0.1, -0.05) is 6.92 Å². The van der Waals surface area contributed by atoms with E-state index in [1.165, 1.54) is 13.0 Å². The first kappa shape index (κ1) is 7.48. The first-order chi connectivity index (χ1) is 4.83. The van der Waals surface area contributed by atoms with E-state index < -0.39 is 0 Å². The molecule has 0 aliphatic carbocycles. The second-order valence-electron chi connectivity index (χ2n) is 2.71. The van der Waals surface area contributed by atoms with Crippen LogP contribution in [0.1, 0.15) is 20.3 Å². The Balaban J connectivity index is 2.60. The van der Waals surface area contributed by atoms with E-state index in [-0.39, 0.29) is 0 Å². The number of quaternary nitrogens is 1. The van der Waals surface area contributed by atoms with Crippen LogP contribution >= 0.6 is 0 Å². The molecule has 0 amide bonds. The minimum absolute atomic E-state index is 0.941. The minimum atomic E-state index is 0.941. The molecular weight excluding hydrogens is 124 g/mol. The number of hydrogen-bond donors (Lipinski definition) is 0. The van der Waals surface area contributed by atoms with E-state index in [9.17, 15) is 0 Å². The van der Waals surface area contributed by atoms with Crippen molar-refractivity contribution in [2.24, 2.45) is 4.99 Å². The molecule has 2 heteroatoms. The standard InChI is InChI=1S/C8H15N2/c1-3-6-10(4-2)7-5-9-8-10/h5,7-8H,3-4,6H2,1-2H3/q+1. The molecule has 2 nitrogen and oxygen atoms in total. The molecule has 0 aromatic heterocycles. The molecule has 10 heavy (non-hydrogen) atoms. The van der Waals surface area contributed by atoms with E-state index in [2.05, 4.69) is 25.0 Å². The molecule has 0 aromatic rings. The van der Waals surface area contributed by atoms with E-state index >= 15 is 0 Å². The summed E-state index contributed by atoms with van der Waals surface area (Å²) in [4.78, 5) is 4.09. The first-order valence-corrected chi connectivity index (χ1v) is 3.91. The summed E-state index contributed by atoms with van der Waals surface area (Å²) in [5.74, 6) is 0. The molecule has 0 fully saturated rings. The van der Waals surface area contributed by atoms with Crippen LogP contribution < -0.4 is 0 Å². The fourth-order valence-electron chi connectivity index (χ4n) is 1.27. The van der Waals surface area contributed by atoms with Gasteiger partial charge in [0.15, 0.2) is 6.34 Å². The highest BCUT2D eigenvalue weighted by molar-refractivity contribution is 5.50. The second-order valence-corrected chi connectivity index (χ2v) is 2.71. The van der Waals surface area contributed by atoms with E-state index in [1.54, 1.807) is 0 Å². The maximum Gasteiger partial charge on any atom is 0.194 e. The smallest absolute Gasteiger partial charge is 0.194 e. The van der Waals surface area contributed by atoms with Crippen LogP contribution in [0.4, 0.5) is 0 Å². The Morgan fingerprint density at radius 2 is 2.20 bits per heavy atom. The van der Waals surface area contributed by atoms with Crippen molar-refractivity contribution in [1.82, 2.24) is 0 Å². The van der Waals surface area contributed by atoms with Crippen molar-refractivity contribution in [2.75, 3.05) is 13.1 Å². The van der Waals surface area contributed by atoms with Gasteiger partial charge in [0.05, 0.1) is 19.3 Å². The van der Waals surface area contributed by atoms with E-state index in [0.717, 1.165) is 11.0 Å². The molecule has 1 aliphatic rings. The predicted octanol–water partition coefficient (Wildman–Crippen LogP) is 1.75. The predicted molar refractivity (Wildman–Crippen MR) is 43.6 cm³/mol. The molecule has 1 atom stereocenters. The minimum Gasteiger partial charge on any atom is -0.254 e. The van der Waals surface area contributed by atoms with Gasteiger partial charge in [0.1, 0.15) is 6.20 Å². The molecule has 0 N–H and O–H groups in total. The fraction of sp³-hybridized carbons (Fsp3) is 0.625. The zero-order valence-electron chi connectivity index (χ0n) is 6.75. The normalized spacial score (nSPS) is 29.8. The SMILES string of the molecule is CCC[N+]1(CC)C=CN=C1. The lowest BCUT2D eigenvalue weighted by Gasteiger charge is -2.24. The van der Waals surface area contributed by atoms with Crippen molar-refractivity contribution in [3.05, 3.63) is 12.4 Å². The topological polar surface area (TPSA) is 12.4 Å². The van der Waals surface area contributed by atoms with Crippen molar-refractivity contribution in [1.29, 1.82) is 0 Å². The quantitative estimate of drug-likeness (QED) is 0.528. The van der Waals surface area contributed by atoms with Crippen molar-refractivity contribution >= 4 is 6.34 Å². The lowest BCUT2D eigenvalue weighted by atomic mass is 10.3. The Labute approximate surface area is 62.5 Å². The molecular formula is C8H15N2+. The molecule has 1 unspecified atom stereocenters. The summed E-state index contributed by atoms with van der Waals surface area (Å²) in [6, 6.07) is 0. The number of rotatable bonds is 3. The van der Waals surface area contributed by atoms with Crippen molar-refractivity contribution < 1.29 is 4.48 Å². The summed E-state index contributed by atoms with van der Waals surface area (Å²) in [5.41, 5.74) is 0. The third kappa shape index (κ3) is 1.27. The fourth-order valence-corrected chi connectivity index (χ4v) is 1.27. The largest absolute Gasteiger partial charge is 0.254 e. The van der Waals surface area contributed by atoms with E-state index in [0.29, 0.717) is 0 Å². The van der Waals surface area contributed by atoms with Gasteiger partial charge in [-0.25, -0.2) is 4.99 Å². The molecule has 1 aliphatic heterocycles. The summed E-state index contributed by atoms with van der Waals surface area (Å²) >= 11 is 0. The summed E-state index contributed by atoms with van der Waals surface area (Å²) in [5, 5.41) is 0. The van der Waals surface area contributed by atoms with Gasteiger partial charge in [0, 0.05) is 0 Å². The van der Waals surface area contributed by atoms with Gasteiger partial charge in [-0.05, 0) is 13.3 Å². The highest BCUT2D eigenvalue weighted by Crippen LogP contribution is 2.10. The zero-order chi connectivity index (χ0) is 7.45. The Morgan fingerprint density at radius 1 is 1.40 bits per heavy atom. The van der Waals surface area contributed by atoms with Gasteiger partial charge in [-0.2, -0.15) is 0 Å². The molecule has 0 bridgehead atoms. The van der Waals surface area contributed by atoms with Gasteiger partial charge in [-0.15, -0.1) is 0 Å². The molecule has 0 saturated heterocycles. The summed E-state index contributed by atoms with van der Waals surface area (Å²) in [6.45, 7) is 6.69. The van der Waals surface area contributed by atoms with Crippen molar-refractivity contribution in [3.8, 4) is 0 Å². The van der Waals surface area contributed by atoms with Crippen LogP contribution in [0.5, 0.6) is 0 Å². The highest BCUT2D eigenvalue weighted by Gasteiger charge is 2.21. The highest BCUT2D eigenvalue weighted by atomic mass is 15.4. The molecule has 0 radical (unpaired) electrons. The van der Waals surface area contributed by atoms with Crippen LogP contribution in [0.25, 0.3) is 0 Å². The monoisotopic (exact) mass is 139 g/mol. The van der Waals surface area contributed by atoms with Crippen LogP contribution in [0.2, 0.25) is 0 Å². The van der Waals surface area contributed by atoms with Crippen molar-refractivity contribution in [2.45, 2.75) is 20.3 Å². The molecule has 1 heterocycles. The van der Waals surface area contributed by atoms with Crippen LogP contribution in [-0.4, -0.2) is 23.9 Å². The maximum atomic E-state index is 4.09. The Kier molecular flexibility index (Phi) is 2.22. The number of aliphatic imine (C=N–C) groups is 1. The summed E-state index contributed by atoms with van der Waals surface area (Å²) in [7, 11) is 0. The Hall–Kier alpha value is -0.630. The molecule has 1 rings (SSSR count). The maximum absolute atomic E-state index is 4.09. The lowest BCUT2D eigenvalue weighted by Crippen LogP contribution is -2.39. The average molecular weight is 139 g/mol. The van der Waals surface area contributed by atoms with Crippen LogP contribution in [-0.2, 0) is 0 Å². The van der Waals surface area contributed by atoms with Gasteiger partial charge in [0.25, 0.3) is 0 Å². The average Bonchev–Trinajstić information content (AvgIpc) is 2.39. The Morgan fingerprint density at radius 3 is 2.60 bits per heavy atom. The van der Waals surface area contributed by atoms with Crippen molar-refractivity contribution in [3.63, 3.8) is 0 Å². The van der Waals surface area contributed by atoms with Crippen LogP contribution in [0.15, 0.2) is 17.4 Å². The van der Waals surface area contributed by atoms with Gasteiger partial charge < -0.3 is 0 Å². The van der Waals surface area contributed by atoms with Gasteiger partial charge in [-0.3, -0.25) is 4.48 Å².